The summed E-state index contributed by atoms with van der Waals surface area (Å²) in [6.45, 7) is 32.4. The smallest absolute Gasteiger partial charge is 0.477 e. The van der Waals surface area contributed by atoms with Crippen molar-refractivity contribution in [1.29, 1.82) is 0 Å². The Labute approximate surface area is 701 Å². The van der Waals surface area contributed by atoms with Crippen molar-refractivity contribution in [1.82, 2.24) is 30.7 Å². The number of nitrogens with one attached hydrogen (secondary N) is 3. The van der Waals surface area contributed by atoms with Gasteiger partial charge < -0.3 is 65.1 Å². The Morgan fingerprint density at radius 1 is 0.374 bits per heavy atom. The number of hydrogen-bond donors (Lipinski definition) is 6. The van der Waals surface area contributed by atoms with Gasteiger partial charge in [-0.05, 0) is 77.2 Å². The molecule has 34 heteroatoms. The second kappa shape index (κ2) is 86.8. The number of hydrogen-bond acceptors (Lipinski definition) is 21. The van der Waals surface area contributed by atoms with Crippen LogP contribution in [0, 0.1) is 13.1 Å². The van der Waals surface area contributed by atoms with E-state index in [-0.39, 0.29) is 108 Å². The quantitative estimate of drug-likeness (QED) is 0.00822. The molecule has 0 aromatic heterocycles. The van der Waals surface area contributed by atoms with E-state index < -0.39 is 57.9 Å². The van der Waals surface area contributed by atoms with Crippen molar-refractivity contribution in [2.45, 2.75) is 329 Å². The fraction of sp³-hybridized carbons (Fsp3) is 0.864. The second-order valence-electron chi connectivity index (χ2n) is 27.7. The maximum atomic E-state index is 13.5. The minimum atomic E-state index is -3.99. The van der Waals surface area contributed by atoms with Crippen LogP contribution < -0.4 is 16.0 Å². The molecule has 0 radical (unpaired) electrons. The average molecular weight is 1720 g/mol. The predicted molar refractivity (Wildman–Crippen MR) is 451 cm³/mol. The van der Waals surface area contributed by atoms with Gasteiger partial charge in [-0.25, -0.2) is 36.1 Å². The van der Waals surface area contributed by atoms with E-state index in [1.165, 1.54) is 57.8 Å². The fourth-order valence-electron chi connectivity index (χ4n) is 10.7. The molecule has 0 saturated heterocycles. The van der Waals surface area contributed by atoms with Crippen LogP contribution in [0.1, 0.15) is 325 Å². The molecule has 0 bridgehead atoms. The number of rotatable bonds is 77. The molecule has 6 N–H and O–H groups in total. The van der Waals surface area contributed by atoms with Gasteiger partial charge in [0.25, 0.3) is 0 Å². The number of amides is 5. The Morgan fingerprint density at radius 2 is 0.696 bits per heavy atom. The first-order chi connectivity index (χ1) is 55.4. The number of nitrogens with zero attached hydrogens (tertiary/aromatic N) is 5. The topological polar surface area (TPSA) is 377 Å². The van der Waals surface area contributed by atoms with Crippen LogP contribution in [-0.2, 0) is 88.9 Å². The van der Waals surface area contributed by atoms with E-state index in [0.29, 0.717) is 97.4 Å². The number of aliphatic carboxylic acids is 2. The van der Waals surface area contributed by atoms with Gasteiger partial charge in [0.1, 0.15) is 13.2 Å². The molecule has 0 fully saturated rings. The maximum Gasteiger partial charge on any atom is 0.477 e. The zero-order valence-corrected chi connectivity index (χ0v) is 74.7. The van der Waals surface area contributed by atoms with E-state index in [2.05, 4.69) is 60.3 Å². The van der Waals surface area contributed by atoms with Gasteiger partial charge in [0.15, 0.2) is 0 Å². The summed E-state index contributed by atoms with van der Waals surface area (Å²) < 4.78 is 66.1. The van der Waals surface area contributed by atoms with Gasteiger partial charge in [0.2, 0.25) is 61.0 Å². The molecule has 0 aromatic carbocycles. The summed E-state index contributed by atoms with van der Waals surface area (Å²) in [6, 6.07) is 0. The van der Waals surface area contributed by atoms with Crippen LogP contribution in [0.15, 0.2) is 0 Å². The minimum absolute atomic E-state index is 0.00134. The summed E-state index contributed by atoms with van der Waals surface area (Å²) in [5.74, 6) is -2.94. The number of ether oxygens (including phenoxy) is 2. The van der Waals surface area contributed by atoms with E-state index >= 15 is 0 Å². The number of carbonyl (C=O) groups excluding carboxylic acids is 7. The average Bonchev–Trinajstić information content (AvgIpc) is 0.915. The van der Waals surface area contributed by atoms with Gasteiger partial charge >= 0.3 is 39.5 Å². The Morgan fingerprint density at radius 3 is 1.06 bits per heavy atom. The summed E-state index contributed by atoms with van der Waals surface area (Å²) in [5.41, 5.74) is 0. The number of aliphatic hydroxyl groups excluding tert-OH is 1. The van der Waals surface area contributed by atoms with E-state index in [9.17, 15) is 52.3 Å². The van der Waals surface area contributed by atoms with Crippen molar-refractivity contribution in [2.24, 2.45) is 0 Å². The van der Waals surface area contributed by atoms with Crippen LogP contribution in [0.25, 0.3) is 9.69 Å². The zero-order valence-electron chi connectivity index (χ0n) is 71.4. The molecule has 5 amide bonds. The molecule has 2 atom stereocenters. The lowest BCUT2D eigenvalue weighted by Gasteiger charge is -2.26. The number of esters is 2. The number of halogens is 2. The third-order valence-corrected chi connectivity index (χ3v) is 20.8. The number of aliphatic hydroxyl groups is 1. The maximum absolute atomic E-state index is 13.5. The predicted octanol–water partition coefficient (Wildman–Crippen LogP) is 17.3. The Bertz CT molecular complexity index is 2620. The summed E-state index contributed by atoms with van der Waals surface area (Å²) in [6.07, 6.45) is 37.0. The summed E-state index contributed by atoms with van der Waals surface area (Å²) in [5, 5.41) is 34.3. The van der Waals surface area contributed by atoms with Crippen molar-refractivity contribution in [3.63, 3.8) is 0 Å². The van der Waals surface area contributed by atoms with E-state index in [1.54, 1.807) is 18.7 Å². The highest BCUT2D eigenvalue weighted by molar-refractivity contribution is 7.48. The molecule has 0 rings (SSSR count). The highest BCUT2D eigenvalue weighted by atomic mass is 35.5. The third kappa shape index (κ3) is 82.4. The number of phosphoric ester groups is 2. The molecule has 0 saturated carbocycles. The number of carbonyl (C=O) groups is 9. The Kier molecular flexibility index (Phi) is 87.7. The molecule has 0 spiro atoms. The summed E-state index contributed by atoms with van der Waals surface area (Å²) >= 11 is 9.56. The monoisotopic (exact) mass is 1720 g/mol. The van der Waals surface area contributed by atoms with Crippen molar-refractivity contribution in [2.75, 3.05) is 125 Å². The van der Waals surface area contributed by atoms with E-state index in [0.717, 1.165) is 154 Å². The zero-order chi connectivity index (χ0) is 86.5. The van der Waals surface area contributed by atoms with Crippen molar-refractivity contribution in [3.05, 3.63) is 22.8 Å². The van der Waals surface area contributed by atoms with Crippen LogP contribution in [0.5, 0.6) is 0 Å². The van der Waals surface area contributed by atoms with Gasteiger partial charge in [0, 0.05) is 117 Å². The van der Waals surface area contributed by atoms with Gasteiger partial charge in [-0.1, -0.05) is 226 Å². The lowest BCUT2D eigenvalue weighted by molar-refractivity contribution is -0.152. The lowest BCUT2D eigenvalue weighted by Crippen LogP contribution is -2.39. The van der Waals surface area contributed by atoms with Crippen molar-refractivity contribution >= 4 is 92.3 Å². The largest absolute Gasteiger partial charge is 0.481 e. The molecule has 0 aliphatic heterocycles. The van der Waals surface area contributed by atoms with Gasteiger partial charge in [-0.3, -0.25) is 56.5 Å². The van der Waals surface area contributed by atoms with Gasteiger partial charge in [0.05, 0.1) is 13.2 Å². The van der Waals surface area contributed by atoms with Crippen molar-refractivity contribution in [3.8, 4) is 0 Å². The molecular weight excluding hydrogens is 1570 g/mol. The highest BCUT2D eigenvalue weighted by Gasteiger charge is 2.30. The van der Waals surface area contributed by atoms with Gasteiger partial charge in [-0.2, -0.15) is 0 Å². The van der Waals surface area contributed by atoms with E-state index in [1.807, 2.05) is 9.80 Å². The molecule has 672 valence electrons. The number of carboxylic acid groups (broad SMARTS) is 2. The molecule has 30 nitrogen and oxygen atoms in total. The first-order valence-electron chi connectivity index (χ1n) is 42.8. The number of carboxylic acids is 2. The van der Waals surface area contributed by atoms with Crippen LogP contribution in [-0.4, -0.2) is 213 Å². The minimum Gasteiger partial charge on any atom is -0.481 e. The molecule has 0 aromatic rings. The highest BCUT2D eigenvalue weighted by Crippen LogP contribution is 2.50. The van der Waals surface area contributed by atoms with Crippen LogP contribution in [0.4, 0.5) is 0 Å². The number of alkyl halides is 2. The molecule has 0 aliphatic carbocycles. The first-order valence-corrected chi connectivity index (χ1v) is 46.6. The second-order valence-corrected chi connectivity index (χ2v) is 32.1. The van der Waals surface area contributed by atoms with Crippen LogP contribution >= 0.6 is 38.8 Å². The summed E-state index contributed by atoms with van der Waals surface area (Å²) in [4.78, 5) is 117. The lowest BCUT2D eigenvalue weighted by atomic mass is 10.1. The number of unbranched alkanes of at least 4 members (excludes halogenated alkanes) is 27. The molecule has 0 aliphatic rings. The van der Waals surface area contributed by atoms with Crippen molar-refractivity contribution < 1.29 is 104 Å². The SMILES string of the molecule is CCCCCCC(=O)O.O=C(O)C(Cl)Cl.[C-]#[N+]CCOP(=O)(OCCCCCCNC(=O)CCN(CCCCCCC)C(=O)CCN(CCCCCCC)C(=O)CCCCCO)OCOC(=O)CC.[C-]#[N+]CCOP(=O)(OCCCCCCNC(=O)CCN(CCCCCCC)C(=O)CCNCCCCCCC)OCOC(=O)CC. The fourth-order valence-corrected chi connectivity index (χ4v) is 12.8. The first kappa shape index (κ1) is 116. The van der Waals surface area contributed by atoms with Crippen LogP contribution in [0.3, 0.4) is 0 Å². The van der Waals surface area contributed by atoms with Crippen LogP contribution in [0.2, 0.25) is 0 Å². The molecule has 0 heterocycles. The third-order valence-electron chi connectivity index (χ3n) is 17.5. The Hall–Kier alpha value is -5.07. The molecular formula is C81H152Cl2N8O22P2. The molecule has 2 unspecified atom stereocenters. The Balaban J connectivity index is -0.000000912. The normalized spacial score (nSPS) is 11.8. The van der Waals surface area contributed by atoms with E-state index in [4.69, 9.17) is 88.3 Å². The van der Waals surface area contributed by atoms with Gasteiger partial charge in [-0.15, -0.1) is 0 Å². The standard InChI is InChI=1S/C39H73N4O10P.C33H63N4O8P.C7H14O2.C2H2Cl2O2/c1-5-8-10-13-19-28-42(38(47)25-31-43(29-20-14-11-9-6-2)37(46)23-17-16-21-32-44)30-24-36(45)41-26-18-12-15-22-33-51-54(49,52-34-27-40-4)53-35-50-39(48)7-3;1-5-8-10-12-16-22-35-24-20-32(39)37(26-18-14-11-9-6-2)27-21-31(38)36-23-17-13-15-19-28-43-46(41,44-29-25-34-4)45-30-42-33(40)7-3;1-2-3-4-5-6-7(8)9;3-1(4)2(5)6/h44H,5-35H2,1-3H3,(H,41,45);35H,5-30H2,1-3H3,(H,36,38);2-6H2,1H3,(H,8,9);1H,(H,5,6). The molecule has 115 heavy (non-hydrogen) atoms. The number of phosphoric acid groups is 2. The summed E-state index contributed by atoms with van der Waals surface area (Å²) in [7, 11) is -7.94.